The maximum absolute atomic E-state index is 11.3. The first kappa shape index (κ1) is 12.2. The van der Waals surface area contributed by atoms with Crippen molar-refractivity contribution in [3.05, 3.63) is 0 Å². The molecule has 15 heavy (non-hydrogen) atoms. The summed E-state index contributed by atoms with van der Waals surface area (Å²) in [5, 5.41) is 0. The van der Waals surface area contributed by atoms with Gasteiger partial charge in [-0.25, -0.2) is 0 Å². The van der Waals surface area contributed by atoms with E-state index in [1.54, 1.807) is 6.92 Å². The Balaban J connectivity index is 2.43. The van der Waals surface area contributed by atoms with E-state index >= 15 is 0 Å². The number of ketones is 1. The minimum Gasteiger partial charge on any atom is -0.466 e. The average Bonchev–Trinajstić information content (AvgIpc) is 2.48. The topological polar surface area (TPSA) is 43.4 Å². The molecule has 3 atom stereocenters. The maximum Gasteiger partial charge on any atom is 0.306 e. The van der Waals surface area contributed by atoms with Crippen molar-refractivity contribution in [3.8, 4) is 0 Å². The normalized spacial score (nSPS) is 30.2. The van der Waals surface area contributed by atoms with Gasteiger partial charge in [-0.3, -0.25) is 9.59 Å². The number of Topliss-reactive ketones (excluding diaryl/α,β-unsaturated/α-hetero) is 1. The minimum atomic E-state index is -0.126. The average molecular weight is 212 g/mol. The molecule has 0 radical (unpaired) electrons. The van der Waals surface area contributed by atoms with Crippen LogP contribution in [-0.4, -0.2) is 18.4 Å². The van der Waals surface area contributed by atoms with Gasteiger partial charge in [-0.15, -0.1) is 0 Å². The smallest absolute Gasteiger partial charge is 0.306 e. The molecule has 0 spiro atoms. The van der Waals surface area contributed by atoms with Gasteiger partial charge >= 0.3 is 5.97 Å². The number of rotatable bonds is 4. The maximum atomic E-state index is 11.3. The van der Waals surface area contributed by atoms with Crippen molar-refractivity contribution in [2.45, 2.75) is 40.0 Å². The van der Waals surface area contributed by atoms with Gasteiger partial charge in [-0.05, 0) is 38.5 Å². The third-order valence-corrected chi connectivity index (χ3v) is 3.36. The Morgan fingerprint density at radius 3 is 2.47 bits per heavy atom. The van der Waals surface area contributed by atoms with Gasteiger partial charge in [0.25, 0.3) is 0 Å². The summed E-state index contributed by atoms with van der Waals surface area (Å²) in [6.07, 6.45) is 2.26. The van der Waals surface area contributed by atoms with Gasteiger partial charge in [0.15, 0.2) is 0 Å². The fraction of sp³-hybridized carbons (Fsp3) is 0.833. The van der Waals surface area contributed by atoms with Crippen molar-refractivity contribution in [2.75, 3.05) is 6.61 Å². The number of ether oxygens (including phenoxy) is 1. The van der Waals surface area contributed by atoms with Gasteiger partial charge in [-0.2, -0.15) is 0 Å². The van der Waals surface area contributed by atoms with Crippen LogP contribution in [0.4, 0.5) is 0 Å². The molecule has 0 bridgehead atoms. The molecule has 1 fully saturated rings. The Morgan fingerprint density at radius 2 is 2.00 bits per heavy atom. The third-order valence-electron chi connectivity index (χ3n) is 3.36. The Morgan fingerprint density at radius 1 is 1.33 bits per heavy atom. The summed E-state index contributed by atoms with van der Waals surface area (Å²) in [6.45, 7) is 6.02. The van der Waals surface area contributed by atoms with E-state index in [0.717, 1.165) is 12.8 Å². The molecule has 86 valence electrons. The molecule has 0 aliphatic heterocycles. The van der Waals surface area contributed by atoms with E-state index in [0.29, 0.717) is 24.9 Å². The van der Waals surface area contributed by atoms with Crippen molar-refractivity contribution in [2.24, 2.45) is 17.8 Å². The minimum absolute atomic E-state index is 0.126. The Labute approximate surface area is 91.2 Å². The van der Waals surface area contributed by atoms with Crippen LogP contribution in [0.3, 0.4) is 0 Å². The zero-order valence-electron chi connectivity index (χ0n) is 9.79. The standard InChI is InChI=1S/C12H20O3/c1-4-15-12(14)7-10-6-11(9(3)13)5-8(10)2/h8,10-11H,4-7H2,1-3H3. The molecule has 0 N–H and O–H groups in total. The predicted octanol–water partition coefficient (Wildman–Crippen LogP) is 2.19. The van der Waals surface area contributed by atoms with Gasteiger partial charge in [0, 0.05) is 12.3 Å². The first-order valence-electron chi connectivity index (χ1n) is 5.70. The SMILES string of the molecule is CCOC(=O)CC1CC(C(C)=O)CC1C. The summed E-state index contributed by atoms with van der Waals surface area (Å²) in [7, 11) is 0. The second-order valence-electron chi connectivity index (χ2n) is 4.53. The molecule has 0 saturated heterocycles. The van der Waals surface area contributed by atoms with Crippen LogP contribution in [0.5, 0.6) is 0 Å². The summed E-state index contributed by atoms with van der Waals surface area (Å²) in [6, 6.07) is 0. The molecule has 0 heterocycles. The molecular weight excluding hydrogens is 192 g/mol. The fourth-order valence-electron chi connectivity index (χ4n) is 2.39. The van der Waals surface area contributed by atoms with Crippen molar-refractivity contribution in [1.82, 2.24) is 0 Å². The molecule has 0 aromatic carbocycles. The lowest BCUT2D eigenvalue weighted by atomic mass is 9.95. The van der Waals surface area contributed by atoms with Crippen LogP contribution >= 0.6 is 0 Å². The number of esters is 1. The highest BCUT2D eigenvalue weighted by Crippen LogP contribution is 2.38. The second kappa shape index (κ2) is 5.29. The highest BCUT2D eigenvalue weighted by molar-refractivity contribution is 5.78. The van der Waals surface area contributed by atoms with Crippen molar-refractivity contribution >= 4 is 11.8 Å². The molecule has 0 aromatic heterocycles. The van der Waals surface area contributed by atoms with E-state index < -0.39 is 0 Å². The largest absolute Gasteiger partial charge is 0.466 e. The molecule has 3 unspecified atom stereocenters. The summed E-state index contributed by atoms with van der Waals surface area (Å²) in [5.41, 5.74) is 0. The molecule has 1 rings (SSSR count). The van der Waals surface area contributed by atoms with Crippen LogP contribution in [0.25, 0.3) is 0 Å². The molecule has 1 aliphatic carbocycles. The summed E-state index contributed by atoms with van der Waals surface area (Å²) in [5.74, 6) is 1.09. The lowest BCUT2D eigenvalue weighted by Crippen LogP contribution is -2.13. The fourth-order valence-corrected chi connectivity index (χ4v) is 2.39. The van der Waals surface area contributed by atoms with Gasteiger partial charge in [0.2, 0.25) is 0 Å². The molecular formula is C12H20O3. The molecule has 1 saturated carbocycles. The summed E-state index contributed by atoms with van der Waals surface area (Å²) < 4.78 is 4.92. The van der Waals surface area contributed by atoms with Gasteiger partial charge in [0.05, 0.1) is 6.61 Å². The highest BCUT2D eigenvalue weighted by atomic mass is 16.5. The zero-order chi connectivity index (χ0) is 11.4. The lowest BCUT2D eigenvalue weighted by Gasteiger charge is -2.13. The number of carbonyl (C=O) groups excluding carboxylic acids is 2. The summed E-state index contributed by atoms with van der Waals surface area (Å²) >= 11 is 0. The number of hydrogen-bond acceptors (Lipinski definition) is 3. The van der Waals surface area contributed by atoms with Crippen LogP contribution in [0.15, 0.2) is 0 Å². The molecule has 0 amide bonds. The first-order valence-corrected chi connectivity index (χ1v) is 5.70. The summed E-state index contributed by atoms with van der Waals surface area (Å²) in [4.78, 5) is 22.5. The Hall–Kier alpha value is -0.860. The van der Waals surface area contributed by atoms with E-state index in [4.69, 9.17) is 4.74 Å². The van der Waals surface area contributed by atoms with E-state index in [1.165, 1.54) is 0 Å². The molecule has 3 heteroatoms. The van der Waals surface area contributed by atoms with E-state index in [1.807, 2.05) is 6.92 Å². The Kier molecular flexibility index (Phi) is 4.30. The van der Waals surface area contributed by atoms with Crippen molar-refractivity contribution in [3.63, 3.8) is 0 Å². The van der Waals surface area contributed by atoms with Gasteiger partial charge < -0.3 is 4.74 Å². The van der Waals surface area contributed by atoms with Crippen LogP contribution in [0, 0.1) is 17.8 Å². The predicted molar refractivity (Wildman–Crippen MR) is 57.3 cm³/mol. The van der Waals surface area contributed by atoms with Crippen LogP contribution in [-0.2, 0) is 14.3 Å². The van der Waals surface area contributed by atoms with Crippen molar-refractivity contribution < 1.29 is 14.3 Å². The second-order valence-corrected chi connectivity index (χ2v) is 4.53. The van der Waals surface area contributed by atoms with Gasteiger partial charge in [0.1, 0.15) is 5.78 Å². The molecule has 3 nitrogen and oxygen atoms in total. The first-order chi connectivity index (χ1) is 7.04. The van der Waals surface area contributed by atoms with E-state index in [-0.39, 0.29) is 17.7 Å². The van der Waals surface area contributed by atoms with Crippen molar-refractivity contribution in [1.29, 1.82) is 0 Å². The third kappa shape index (κ3) is 3.33. The van der Waals surface area contributed by atoms with Crippen LogP contribution < -0.4 is 0 Å². The number of hydrogen-bond donors (Lipinski definition) is 0. The molecule has 0 aromatic rings. The van der Waals surface area contributed by atoms with Crippen LogP contribution in [0.1, 0.15) is 40.0 Å². The van der Waals surface area contributed by atoms with Gasteiger partial charge in [-0.1, -0.05) is 6.92 Å². The van der Waals surface area contributed by atoms with Crippen LogP contribution in [0.2, 0.25) is 0 Å². The lowest BCUT2D eigenvalue weighted by molar-refractivity contribution is -0.144. The highest BCUT2D eigenvalue weighted by Gasteiger charge is 2.34. The van der Waals surface area contributed by atoms with E-state index in [2.05, 4.69) is 6.92 Å². The monoisotopic (exact) mass is 212 g/mol. The molecule has 1 aliphatic rings. The van der Waals surface area contributed by atoms with E-state index in [9.17, 15) is 9.59 Å². The zero-order valence-corrected chi connectivity index (χ0v) is 9.79. The number of carbonyl (C=O) groups is 2. The Bertz CT molecular complexity index is 247. The quantitative estimate of drug-likeness (QED) is 0.671.